The molecular weight excluding hydrogens is 276 g/mol. The first kappa shape index (κ1) is 14.1. The minimum Gasteiger partial charge on any atom is -0.478 e. The molecule has 0 aliphatic carbocycles. The number of nitrogens with zero attached hydrogens (tertiary/aromatic N) is 1. The number of benzene rings is 1. The minimum absolute atomic E-state index is 0.191. The SMILES string of the molecule is O=C(O)c1cc([N+](=O)[O-])cc(CCl)c1OC(F)F. The molecule has 0 aromatic heterocycles. The summed E-state index contributed by atoms with van der Waals surface area (Å²) < 4.78 is 28.3. The molecule has 0 aliphatic heterocycles. The number of non-ortho nitro benzene ring substituents is 1. The summed E-state index contributed by atoms with van der Waals surface area (Å²) in [6, 6.07) is 1.52. The highest BCUT2D eigenvalue weighted by Crippen LogP contribution is 2.32. The third-order valence-corrected chi connectivity index (χ3v) is 2.23. The number of rotatable bonds is 5. The predicted octanol–water partition coefficient (Wildman–Crippen LogP) is 2.63. The number of ether oxygens (including phenoxy) is 1. The van der Waals surface area contributed by atoms with Crippen molar-refractivity contribution in [2.75, 3.05) is 0 Å². The second kappa shape index (κ2) is 5.58. The number of carbonyl (C=O) groups is 1. The first-order valence-electron chi connectivity index (χ1n) is 4.42. The number of hydrogen-bond acceptors (Lipinski definition) is 4. The van der Waals surface area contributed by atoms with E-state index in [9.17, 15) is 23.7 Å². The van der Waals surface area contributed by atoms with Gasteiger partial charge in [0.25, 0.3) is 5.69 Å². The Morgan fingerprint density at radius 1 is 1.56 bits per heavy atom. The second-order valence-electron chi connectivity index (χ2n) is 3.06. The van der Waals surface area contributed by atoms with Crippen LogP contribution in [0.3, 0.4) is 0 Å². The molecule has 0 aliphatic rings. The van der Waals surface area contributed by atoms with Gasteiger partial charge in [0.05, 0.1) is 10.8 Å². The van der Waals surface area contributed by atoms with Gasteiger partial charge in [0.1, 0.15) is 11.3 Å². The topological polar surface area (TPSA) is 89.7 Å². The number of alkyl halides is 3. The lowest BCUT2D eigenvalue weighted by Gasteiger charge is -2.11. The van der Waals surface area contributed by atoms with Crippen molar-refractivity contribution in [2.24, 2.45) is 0 Å². The van der Waals surface area contributed by atoms with E-state index in [-0.39, 0.29) is 5.56 Å². The Morgan fingerprint density at radius 2 is 2.17 bits per heavy atom. The van der Waals surface area contributed by atoms with Gasteiger partial charge in [-0.05, 0) is 0 Å². The molecule has 0 radical (unpaired) electrons. The molecule has 0 fully saturated rings. The van der Waals surface area contributed by atoms with Crippen molar-refractivity contribution in [1.82, 2.24) is 0 Å². The van der Waals surface area contributed by atoms with Gasteiger partial charge >= 0.3 is 12.6 Å². The van der Waals surface area contributed by atoms with E-state index in [1.165, 1.54) is 0 Å². The van der Waals surface area contributed by atoms with E-state index in [2.05, 4.69) is 4.74 Å². The van der Waals surface area contributed by atoms with E-state index in [4.69, 9.17) is 16.7 Å². The summed E-state index contributed by atoms with van der Waals surface area (Å²) >= 11 is 5.43. The van der Waals surface area contributed by atoms with Crippen LogP contribution in [0.15, 0.2) is 12.1 Å². The monoisotopic (exact) mass is 281 g/mol. The molecule has 0 bridgehead atoms. The summed E-state index contributed by atoms with van der Waals surface area (Å²) in [4.78, 5) is 20.6. The van der Waals surface area contributed by atoms with Crippen molar-refractivity contribution in [3.05, 3.63) is 33.4 Å². The summed E-state index contributed by atoms with van der Waals surface area (Å²) in [7, 11) is 0. The van der Waals surface area contributed by atoms with E-state index in [1.54, 1.807) is 0 Å². The van der Waals surface area contributed by atoms with Gasteiger partial charge in [-0.15, -0.1) is 11.6 Å². The number of carboxylic acid groups (broad SMARTS) is 1. The summed E-state index contributed by atoms with van der Waals surface area (Å²) in [5.41, 5.74) is -1.49. The molecule has 1 aromatic carbocycles. The van der Waals surface area contributed by atoms with Gasteiger partial charge in [-0.1, -0.05) is 0 Å². The summed E-state index contributed by atoms with van der Waals surface area (Å²) in [6.45, 7) is -3.26. The van der Waals surface area contributed by atoms with Crippen LogP contribution >= 0.6 is 11.6 Å². The van der Waals surface area contributed by atoms with E-state index in [0.29, 0.717) is 6.07 Å². The fourth-order valence-corrected chi connectivity index (χ4v) is 1.46. The zero-order valence-corrected chi connectivity index (χ0v) is 9.36. The molecule has 6 nitrogen and oxygen atoms in total. The molecule has 1 rings (SSSR count). The number of carboxylic acids is 1. The van der Waals surface area contributed by atoms with Crippen molar-refractivity contribution in [2.45, 2.75) is 12.5 Å². The highest BCUT2D eigenvalue weighted by molar-refractivity contribution is 6.17. The Kier molecular flexibility index (Phi) is 4.38. The minimum atomic E-state index is -3.26. The molecule has 1 aromatic rings. The maximum absolute atomic E-state index is 12.1. The van der Waals surface area contributed by atoms with Crippen LogP contribution in [0.5, 0.6) is 5.75 Å². The fraction of sp³-hybridized carbons (Fsp3) is 0.222. The van der Waals surface area contributed by atoms with Gasteiger partial charge in [-0.2, -0.15) is 8.78 Å². The molecule has 0 amide bonds. The van der Waals surface area contributed by atoms with Gasteiger partial charge in [0, 0.05) is 17.7 Å². The summed E-state index contributed by atoms with van der Waals surface area (Å²) in [5.74, 6) is -2.69. The standard InChI is InChI=1S/C9H6ClF2NO5/c10-3-4-1-5(13(16)17)2-6(8(14)15)7(4)18-9(11)12/h1-2,9H,3H2,(H,14,15). The highest BCUT2D eigenvalue weighted by atomic mass is 35.5. The van der Waals surface area contributed by atoms with Crippen LogP contribution in [-0.2, 0) is 5.88 Å². The average molecular weight is 282 g/mol. The molecular formula is C9H6ClF2NO5. The lowest BCUT2D eigenvalue weighted by molar-refractivity contribution is -0.385. The Hall–Kier alpha value is -1.96. The van der Waals surface area contributed by atoms with E-state index in [1.807, 2.05) is 0 Å². The number of halogens is 3. The fourth-order valence-electron chi connectivity index (χ4n) is 1.26. The van der Waals surface area contributed by atoms with Crippen LogP contribution in [0.4, 0.5) is 14.5 Å². The van der Waals surface area contributed by atoms with Crippen molar-refractivity contribution in [3.8, 4) is 5.75 Å². The van der Waals surface area contributed by atoms with Crippen molar-refractivity contribution in [1.29, 1.82) is 0 Å². The van der Waals surface area contributed by atoms with Gasteiger partial charge in [0.15, 0.2) is 0 Å². The number of aromatic carboxylic acids is 1. The van der Waals surface area contributed by atoms with Crippen LogP contribution in [0, 0.1) is 10.1 Å². The van der Waals surface area contributed by atoms with Crippen LogP contribution in [-0.4, -0.2) is 22.6 Å². The second-order valence-corrected chi connectivity index (χ2v) is 3.32. The number of nitro benzene ring substituents is 1. The maximum atomic E-state index is 12.1. The van der Waals surface area contributed by atoms with Gasteiger partial charge in [-0.3, -0.25) is 10.1 Å². The average Bonchev–Trinajstić information content (AvgIpc) is 2.27. The van der Waals surface area contributed by atoms with Crippen molar-refractivity contribution >= 4 is 23.3 Å². The Labute approximate surface area is 104 Å². The number of nitro groups is 1. The third kappa shape index (κ3) is 3.04. The van der Waals surface area contributed by atoms with E-state index >= 15 is 0 Å². The first-order valence-corrected chi connectivity index (χ1v) is 4.95. The van der Waals surface area contributed by atoms with Gasteiger partial charge < -0.3 is 9.84 Å². The first-order chi connectivity index (χ1) is 8.36. The van der Waals surface area contributed by atoms with Gasteiger partial charge in [-0.25, -0.2) is 4.79 Å². The summed E-state index contributed by atoms with van der Waals surface area (Å²) in [6.07, 6.45) is 0. The summed E-state index contributed by atoms with van der Waals surface area (Å²) in [5, 5.41) is 19.4. The molecule has 0 saturated heterocycles. The maximum Gasteiger partial charge on any atom is 0.387 e. The Morgan fingerprint density at radius 3 is 2.56 bits per heavy atom. The van der Waals surface area contributed by atoms with E-state index in [0.717, 1.165) is 6.07 Å². The zero-order chi connectivity index (χ0) is 13.9. The van der Waals surface area contributed by atoms with Crippen LogP contribution in [0.2, 0.25) is 0 Å². The smallest absolute Gasteiger partial charge is 0.387 e. The lowest BCUT2D eigenvalue weighted by atomic mass is 10.1. The predicted molar refractivity (Wildman–Crippen MR) is 56.2 cm³/mol. The number of hydrogen-bond donors (Lipinski definition) is 1. The largest absolute Gasteiger partial charge is 0.478 e. The molecule has 1 N–H and O–H groups in total. The molecule has 0 atom stereocenters. The molecule has 0 heterocycles. The molecule has 0 unspecified atom stereocenters. The van der Waals surface area contributed by atoms with Crippen LogP contribution in [0.1, 0.15) is 15.9 Å². The molecule has 0 saturated carbocycles. The zero-order valence-electron chi connectivity index (χ0n) is 8.60. The molecule has 9 heteroatoms. The quantitative estimate of drug-likeness (QED) is 0.509. The Bertz CT molecular complexity index is 494. The third-order valence-electron chi connectivity index (χ3n) is 1.94. The molecule has 0 spiro atoms. The van der Waals surface area contributed by atoms with Gasteiger partial charge in [0.2, 0.25) is 0 Å². The normalized spacial score (nSPS) is 10.4. The molecule has 18 heavy (non-hydrogen) atoms. The van der Waals surface area contributed by atoms with Crippen LogP contribution < -0.4 is 4.74 Å². The highest BCUT2D eigenvalue weighted by Gasteiger charge is 2.23. The molecule has 98 valence electrons. The van der Waals surface area contributed by atoms with Crippen LogP contribution in [0.25, 0.3) is 0 Å². The lowest BCUT2D eigenvalue weighted by Crippen LogP contribution is -2.10. The van der Waals surface area contributed by atoms with E-state index < -0.39 is 40.4 Å². The van der Waals surface area contributed by atoms with Crippen molar-refractivity contribution < 1.29 is 28.3 Å². The Balaban J connectivity index is 3.45. The van der Waals surface area contributed by atoms with Crippen molar-refractivity contribution in [3.63, 3.8) is 0 Å².